The minimum absolute atomic E-state index is 0.456. The van der Waals surface area contributed by atoms with Crippen molar-refractivity contribution in [2.45, 2.75) is 19.3 Å². The van der Waals surface area contributed by atoms with E-state index in [0.717, 1.165) is 16.6 Å². The molecule has 0 fully saturated rings. The van der Waals surface area contributed by atoms with Crippen LogP contribution >= 0.6 is 0 Å². The first-order chi connectivity index (χ1) is 7.24. The summed E-state index contributed by atoms with van der Waals surface area (Å²) >= 11 is 0. The Bertz CT molecular complexity index is 490. The van der Waals surface area contributed by atoms with Gasteiger partial charge in [0.15, 0.2) is 0 Å². The molecule has 0 spiro atoms. The first-order valence-corrected chi connectivity index (χ1v) is 4.88. The maximum Gasteiger partial charge on any atom is 0.311 e. The average Bonchev–Trinajstić information content (AvgIpc) is 2.63. The zero-order valence-corrected chi connectivity index (χ0v) is 8.40. The Morgan fingerprint density at radius 3 is 3.13 bits per heavy atom. The number of nitrogens with zero attached hydrogens (tertiary/aromatic N) is 1. The number of hydrogen-bond donors (Lipinski definition) is 2. The van der Waals surface area contributed by atoms with Crippen LogP contribution < -0.4 is 0 Å². The SMILES string of the molecule is CCC(C(=O)O)c1c[nH]c2ncccc12. The van der Waals surface area contributed by atoms with Gasteiger partial charge in [-0.2, -0.15) is 0 Å². The fourth-order valence-corrected chi connectivity index (χ4v) is 1.79. The lowest BCUT2D eigenvalue weighted by Gasteiger charge is -2.07. The summed E-state index contributed by atoms with van der Waals surface area (Å²) in [4.78, 5) is 18.2. The van der Waals surface area contributed by atoms with E-state index in [2.05, 4.69) is 9.97 Å². The molecule has 2 aromatic rings. The lowest BCUT2D eigenvalue weighted by Crippen LogP contribution is -2.09. The number of aromatic nitrogens is 2. The number of carboxylic acids is 1. The van der Waals surface area contributed by atoms with Gasteiger partial charge in [-0.1, -0.05) is 6.92 Å². The predicted octanol–water partition coefficient (Wildman–Crippen LogP) is 2.14. The Morgan fingerprint density at radius 2 is 2.47 bits per heavy atom. The Kier molecular flexibility index (Phi) is 2.41. The highest BCUT2D eigenvalue weighted by atomic mass is 16.4. The van der Waals surface area contributed by atoms with E-state index in [9.17, 15) is 4.79 Å². The van der Waals surface area contributed by atoms with E-state index >= 15 is 0 Å². The molecule has 0 aliphatic carbocycles. The standard InChI is InChI=1S/C11H12N2O2/c1-2-7(11(14)15)9-6-13-10-8(9)4-3-5-12-10/h3-7H,2H2,1H3,(H,12,13)(H,14,15). The van der Waals surface area contributed by atoms with E-state index in [-0.39, 0.29) is 0 Å². The third-order valence-electron chi connectivity index (χ3n) is 2.56. The van der Waals surface area contributed by atoms with Gasteiger partial charge >= 0.3 is 5.97 Å². The smallest absolute Gasteiger partial charge is 0.311 e. The summed E-state index contributed by atoms with van der Waals surface area (Å²) in [6.07, 6.45) is 4.00. The summed E-state index contributed by atoms with van der Waals surface area (Å²) in [6, 6.07) is 3.70. The predicted molar refractivity (Wildman–Crippen MR) is 56.8 cm³/mol. The van der Waals surface area contributed by atoms with Gasteiger partial charge in [-0.25, -0.2) is 4.98 Å². The summed E-state index contributed by atoms with van der Waals surface area (Å²) in [5, 5.41) is 9.97. The molecule has 0 bridgehead atoms. The van der Waals surface area contributed by atoms with Gasteiger partial charge in [0.25, 0.3) is 0 Å². The van der Waals surface area contributed by atoms with Gasteiger partial charge < -0.3 is 10.1 Å². The molecule has 0 saturated carbocycles. The van der Waals surface area contributed by atoms with Crippen LogP contribution in [0.4, 0.5) is 0 Å². The molecule has 4 heteroatoms. The molecule has 0 radical (unpaired) electrons. The molecule has 2 rings (SSSR count). The molecule has 2 aromatic heterocycles. The van der Waals surface area contributed by atoms with Gasteiger partial charge in [-0.3, -0.25) is 4.79 Å². The Labute approximate surface area is 87.0 Å². The number of nitrogens with one attached hydrogen (secondary N) is 1. The molecule has 0 aromatic carbocycles. The number of carboxylic acid groups (broad SMARTS) is 1. The second-order valence-electron chi connectivity index (χ2n) is 3.44. The summed E-state index contributed by atoms with van der Waals surface area (Å²) < 4.78 is 0. The Morgan fingerprint density at radius 1 is 1.67 bits per heavy atom. The number of carbonyl (C=O) groups is 1. The van der Waals surface area contributed by atoms with Crippen molar-refractivity contribution >= 4 is 17.0 Å². The third-order valence-corrected chi connectivity index (χ3v) is 2.56. The molecule has 0 aliphatic heterocycles. The van der Waals surface area contributed by atoms with Gasteiger partial charge in [0.2, 0.25) is 0 Å². The molecule has 78 valence electrons. The van der Waals surface area contributed by atoms with E-state index in [0.29, 0.717) is 6.42 Å². The van der Waals surface area contributed by atoms with E-state index in [1.54, 1.807) is 12.4 Å². The number of aromatic amines is 1. The van der Waals surface area contributed by atoms with Gasteiger partial charge in [-0.05, 0) is 24.1 Å². The lowest BCUT2D eigenvalue weighted by molar-refractivity contribution is -0.138. The number of pyridine rings is 1. The van der Waals surface area contributed by atoms with E-state index in [1.165, 1.54) is 0 Å². The van der Waals surface area contributed by atoms with Gasteiger partial charge in [0.05, 0.1) is 5.92 Å². The maximum absolute atomic E-state index is 11.0. The number of rotatable bonds is 3. The fraction of sp³-hybridized carbons (Fsp3) is 0.273. The molecule has 1 atom stereocenters. The van der Waals surface area contributed by atoms with Crippen LogP contribution in [0, 0.1) is 0 Å². The minimum atomic E-state index is -0.790. The van der Waals surface area contributed by atoms with Crippen LogP contribution in [-0.2, 0) is 4.79 Å². The van der Waals surface area contributed by atoms with Crippen molar-refractivity contribution in [3.8, 4) is 0 Å². The molecular formula is C11H12N2O2. The molecule has 0 amide bonds. The zero-order valence-electron chi connectivity index (χ0n) is 8.40. The summed E-state index contributed by atoms with van der Waals surface area (Å²) in [5.41, 5.74) is 1.56. The van der Waals surface area contributed by atoms with Gasteiger partial charge in [0.1, 0.15) is 5.65 Å². The highest BCUT2D eigenvalue weighted by Crippen LogP contribution is 2.26. The number of hydrogen-bond acceptors (Lipinski definition) is 2. The van der Waals surface area contributed by atoms with Crippen molar-refractivity contribution in [3.63, 3.8) is 0 Å². The van der Waals surface area contributed by atoms with Crippen molar-refractivity contribution in [2.75, 3.05) is 0 Å². The quantitative estimate of drug-likeness (QED) is 0.804. The molecule has 2 N–H and O–H groups in total. The van der Waals surface area contributed by atoms with Crippen LogP contribution in [-0.4, -0.2) is 21.0 Å². The van der Waals surface area contributed by atoms with Crippen LogP contribution in [0.25, 0.3) is 11.0 Å². The Hall–Kier alpha value is -1.84. The molecule has 2 heterocycles. The van der Waals surface area contributed by atoms with Crippen molar-refractivity contribution in [3.05, 3.63) is 30.1 Å². The summed E-state index contributed by atoms with van der Waals surface area (Å²) in [7, 11) is 0. The van der Waals surface area contributed by atoms with Crippen LogP contribution in [0.2, 0.25) is 0 Å². The maximum atomic E-state index is 11.0. The topological polar surface area (TPSA) is 66.0 Å². The van der Waals surface area contributed by atoms with Gasteiger partial charge in [-0.15, -0.1) is 0 Å². The average molecular weight is 204 g/mol. The third kappa shape index (κ3) is 1.58. The van der Waals surface area contributed by atoms with Gasteiger partial charge in [0, 0.05) is 17.8 Å². The number of aliphatic carboxylic acids is 1. The highest BCUT2D eigenvalue weighted by molar-refractivity contribution is 5.87. The van der Waals surface area contributed by atoms with E-state index in [4.69, 9.17) is 5.11 Å². The minimum Gasteiger partial charge on any atom is -0.481 e. The van der Waals surface area contributed by atoms with Crippen LogP contribution in [0.3, 0.4) is 0 Å². The molecule has 4 nitrogen and oxygen atoms in total. The van der Waals surface area contributed by atoms with Crippen LogP contribution in [0.15, 0.2) is 24.5 Å². The summed E-state index contributed by atoms with van der Waals surface area (Å²) in [6.45, 7) is 1.87. The van der Waals surface area contributed by atoms with Crippen molar-refractivity contribution in [1.29, 1.82) is 0 Å². The van der Waals surface area contributed by atoms with Crippen molar-refractivity contribution < 1.29 is 9.90 Å². The van der Waals surface area contributed by atoms with E-state index < -0.39 is 11.9 Å². The number of H-pyrrole nitrogens is 1. The van der Waals surface area contributed by atoms with Crippen LogP contribution in [0.5, 0.6) is 0 Å². The highest BCUT2D eigenvalue weighted by Gasteiger charge is 2.20. The van der Waals surface area contributed by atoms with Crippen molar-refractivity contribution in [1.82, 2.24) is 9.97 Å². The molecule has 0 aliphatic rings. The van der Waals surface area contributed by atoms with Crippen molar-refractivity contribution in [2.24, 2.45) is 0 Å². The molecule has 1 unspecified atom stereocenters. The Balaban J connectivity index is 2.55. The van der Waals surface area contributed by atoms with E-state index in [1.807, 2.05) is 19.1 Å². The van der Waals surface area contributed by atoms with Crippen LogP contribution in [0.1, 0.15) is 24.8 Å². The number of fused-ring (bicyclic) bond motifs is 1. The molecule has 15 heavy (non-hydrogen) atoms. The fourth-order valence-electron chi connectivity index (χ4n) is 1.79. The summed E-state index contributed by atoms with van der Waals surface area (Å²) in [5.74, 6) is -1.25. The molecular weight excluding hydrogens is 192 g/mol. The normalized spacial score (nSPS) is 12.9. The second-order valence-corrected chi connectivity index (χ2v) is 3.44. The second kappa shape index (κ2) is 3.73. The first-order valence-electron chi connectivity index (χ1n) is 4.88. The monoisotopic (exact) mass is 204 g/mol. The zero-order chi connectivity index (χ0) is 10.8. The first kappa shape index (κ1) is 9.71. The molecule has 0 saturated heterocycles. The largest absolute Gasteiger partial charge is 0.481 e. The lowest BCUT2D eigenvalue weighted by atomic mass is 9.97.